The number of carbonyl (C=O) groups excluding carboxylic acids is 1. The van der Waals surface area contributed by atoms with Crippen molar-refractivity contribution in [1.29, 1.82) is 0 Å². The Hall–Kier alpha value is -1.75. The van der Waals surface area contributed by atoms with Crippen molar-refractivity contribution >= 4 is 5.91 Å². The molecule has 1 fully saturated rings. The van der Waals surface area contributed by atoms with Gasteiger partial charge < -0.3 is 20.1 Å². The summed E-state index contributed by atoms with van der Waals surface area (Å²) in [5.74, 6) is 1.88. The molecule has 5 heteroatoms. The third-order valence-corrected chi connectivity index (χ3v) is 3.84. The first-order valence-corrected chi connectivity index (χ1v) is 6.57. The van der Waals surface area contributed by atoms with E-state index in [1.54, 1.807) is 23.1 Å². The number of fused-ring (bicyclic) bond motifs is 1. The van der Waals surface area contributed by atoms with E-state index in [9.17, 15) is 4.79 Å². The summed E-state index contributed by atoms with van der Waals surface area (Å²) in [6, 6.07) is 5.42. The zero-order chi connectivity index (χ0) is 13.4. The van der Waals surface area contributed by atoms with Gasteiger partial charge in [-0.25, -0.2) is 0 Å². The average Bonchev–Trinajstić information content (AvgIpc) is 3.15. The van der Waals surface area contributed by atoms with Gasteiger partial charge in [-0.05, 0) is 37.0 Å². The number of hydrogen-bond donors (Lipinski definition) is 1. The molecule has 1 aliphatic carbocycles. The molecule has 0 aromatic heterocycles. The maximum Gasteiger partial charge on any atom is 0.254 e. The number of amides is 1. The molecule has 1 aromatic carbocycles. The molecular weight excluding hydrogens is 244 g/mol. The Morgan fingerprint density at radius 1 is 1.42 bits per heavy atom. The van der Waals surface area contributed by atoms with Crippen molar-refractivity contribution in [3.63, 3.8) is 0 Å². The molecule has 19 heavy (non-hydrogen) atoms. The normalized spacial score (nSPS) is 18.2. The third kappa shape index (κ3) is 2.26. The molecule has 0 radical (unpaired) electrons. The second-order valence-corrected chi connectivity index (χ2v) is 5.12. The lowest BCUT2D eigenvalue weighted by Gasteiger charge is -2.27. The summed E-state index contributed by atoms with van der Waals surface area (Å²) < 4.78 is 10.5. The molecule has 0 saturated heterocycles. The van der Waals surface area contributed by atoms with Crippen molar-refractivity contribution in [2.75, 3.05) is 20.4 Å². The van der Waals surface area contributed by atoms with Crippen LogP contribution in [0.5, 0.6) is 11.5 Å². The highest BCUT2D eigenvalue weighted by Gasteiger charge is 2.35. The molecule has 0 bridgehead atoms. The van der Waals surface area contributed by atoms with Crippen LogP contribution < -0.4 is 15.2 Å². The van der Waals surface area contributed by atoms with E-state index < -0.39 is 0 Å². The molecule has 1 aliphatic heterocycles. The van der Waals surface area contributed by atoms with E-state index in [-0.39, 0.29) is 18.7 Å². The van der Waals surface area contributed by atoms with Gasteiger partial charge in [0.25, 0.3) is 5.91 Å². The average molecular weight is 262 g/mol. The molecule has 5 nitrogen and oxygen atoms in total. The lowest BCUT2D eigenvalue weighted by molar-refractivity contribution is 0.0718. The van der Waals surface area contributed by atoms with E-state index >= 15 is 0 Å². The molecule has 1 unspecified atom stereocenters. The van der Waals surface area contributed by atoms with Crippen LogP contribution in [0.15, 0.2) is 18.2 Å². The lowest BCUT2D eigenvalue weighted by Crippen LogP contribution is -2.43. The number of benzene rings is 1. The first kappa shape index (κ1) is 12.3. The number of rotatable bonds is 4. The SMILES string of the molecule is CN(C(=O)c1ccc2c(c1)OCO2)C(CN)C1CC1. The van der Waals surface area contributed by atoms with E-state index in [2.05, 4.69) is 0 Å². The molecule has 1 saturated carbocycles. The van der Waals surface area contributed by atoms with Crippen LogP contribution in [0.1, 0.15) is 23.2 Å². The Morgan fingerprint density at radius 2 is 2.16 bits per heavy atom. The van der Waals surface area contributed by atoms with Gasteiger partial charge in [0.2, 0.25) is 6.79 Å². The summed E-state index contributed by atoms with van der Waals surface area (Å²) in [7, 11) is 1.82. The summed E-state index contributed by atoms with van der Waals surface area (Å²) in [5.41, 5.74) is 6.40. The maximum absolute atomic E-state index is 12.5. The largest absolute Gasteiger partial charge is 0.454 e. The molecular formula is C14H18N2O3. The zero-order valence-electron chi connectivity index (χ0n) is 11.0. The fraction of sp³-hybridized carbons (Fsp3) is 0.500. The van der Waals surface area contributed by atoms with Crippen molar-refractivity contribution in [3.8, 4) is 11.5 Å². The molecule has 102 valence electrons. The van der Waals surface area contributed by atoms with Crippen LogP contribution in [0.3, 0.4) is 0 Å². The van der Waals surface area contributed by atoms with Crippen LogP contribution >= 0.6 is 0 Å². The van der Waals surface area contributed by atoms with Gasteiger partial charge in [0.15, 0.2) is 11.5 Å². The third-order valence-electron chi connectivity index (χ3n) is 3.84. The maximum atomic E-state index is 12.5. The van der Waals surface area contributed by atoms with Crippen molar-refractivity contribution in [2.45, 2.75) is 18.9 Å². The van der Waals surface area contributed by atoms with Crippen molar-refractivity contribution < 1.29 is 14.3 Å². The smallest absolute Gasteiger partial charge is 0.254 e. The van der Waals surface area contributed by atoms with Gasteiger partial charge in [-0.1, -0.05) is 0 Å². The second kappa shape index (κ2) is 4.74. The highest BCUT2D eigenvalue weighted by Crippen LogP contribution is 2.36. The minimum absolute atomic E-state index is 0.0133. The lowest BCUT2D eigenvalue weighted by atomic mass is 10.1. The Morgan fingerprint density at radius 3 is 2.84 bits per heavy atom. The standard InChI is InChI=1S/C14H18N2O3/c1-16(11(7-15)9-2-3-9)14(17)10-4-5-12-13(6-10)19-8-18-12/h4-6,9,11H,2-3,7-8,15H2,1H3. The van der Waals surface area contributed by atoms with Crippen molar-refractivity contribution in [3.05, 3.63) is 23.8 Å². The van der Waals surface area contributed by atoms with Gasteiger partial charge >= 0.3 is 0 Å². The predicted octanol–water partition coefficient (Wildman–Crippen LogP) is 1.22. The van der Waals surface area contributed by atoms with Crippen LogP contribution in [-0.2, 0) is 0 Å². The summed E-state index contributed by atoms with van der Waals surface area (Å²) >= 11 is 0. The Balaban J connectivity index is 1.79. The molecule has 1 heterocycles. The van der Waals surface area contributed by atoms with Crippen LogP contribution in [0.4, 0.5) is 0 Å². The predicted molar refractivity (Wildman–Crippen MR) is 70.2 cm³/mol. The van der Waals surface area contributed by atoms with E-state index in [1.165, 1.54) is 12.8 Å². The number of likely N-dealkylation sites (N-methyl/N-ethyl adjacent to an activating group) is 1. The first-order chi connectivity index (χ1) is 9.20. The summed E-state index contributed by atoms with van der Waals surface area (Å²) in [6.45, 7) is 0.730. The second-order valence-electron chi connectivity index (χ2n) is 5.12. The van der Waals surface area contributed by atoms with Crippen molar-refractivity contribution in [2.24, 2.45) is 11.7 Å². The van der Waals surface area contributed by atoms with Crippen LogP contribution in [0, 0.1) is 5.92 Å². The Labute approximate surface area is 112 Å². The monoisotopic (exact) mass is 262 g/mol. The number of nitrogens with zero attached hydrogens (tertiary/aromatic N) is 1. The Kier molecular flexibility index (Phi) is 3.06. The molecule has 3 rings (SSSR count). The van der Waals surface area contributed by atoms with Gasteiger partial charge in [-0.2, -0.15) is 0 Å². The van der Waals surface area contributed by atoms with Gasteiger partial charge in [-0.3, -0.25) is 4.79 Å². The number of carbonyl (C=O) groups is 1. The fourth-order valence-corrected chi connectivity index (χ4v) is 2.53. The Bertz CT molecular complexity index is 499. The van der Waals surface area contributed by atoms with Crippen LogP contribution in [-0.4, -0.2) is 37.2 Å². The molecule has 1 amide bonds. The number of hydrogen-bond acceptors (Lipinski definition) is 4. The van der Waals surface area contributed by atoms with E-state index in [4.69, 9.17) is 15.2 Å². The van der Waals surface area contributed by atoms with Gasteiger partial charge in [0, 0.05) is 25.2 Å². The number of ether oxygens (including phenoxy) is 2. The highest BCUT2D eigenvalue weighted by atomic mass is 16.7. The number of nitrogens with two attached hydrogens (primary N) is 1. The quantitative estimate of drug-likeness (QED) is 0.886. The van der Waals surface area contributed by atoms with Gasteiger partial charge in [0.05, 0.1) is 0 Å². The minimum Gasteiger partial charge on any atom is -0.454 e. The zero-order valence-corrected chi connectivity index (χ0v) is 11.0. The van der Waals surface area contributed by atoms with E-state index in [0.717, 1.165) is 0 Å². The molecule has 2 aliphatic rings. The summed E-state index contributed by atoms with van der Waals surface area (Å²) in [5, 5.41) is 0. The molecule has 1 aromatic rings. The fourth-order valence-electron chi connectivity index (χ4n) is 2.53. The van der Waals surface area contributed by atoms with Gasteiger partial charge in [-0.15, -0.1) is 0 Å². The van der Waals surface area contributed by atoms with E-state index in [1.807, 2.05) is 7.05 Å². The summed E-state index contributed by atoms with van der Waals surface area (Å²) in [4.78, 5) is 14.2. The van der Waals surface area contributed by atoms with Crippen molar-refractivity contribution in [1.82, 2.24) is 4.90 Å². The van der Waals surface area contributed by atoms with Gasteiger partial charge in [0.1, 0.15) is 0 Å². The van der Waals surface area contributed by atoms with Crippen LogP contribution in [0.2, 0.25) is 0 Å². The molecule has 2 N–H and O–H groups in total. The molecule has 0 spiro atoms. The van der Waals surface area contributed by atoms with E-state index in [0.29, 0.717) is 29.5 Å². The minimum atomic E-state index is -0.0133. The molecule has 1 atom stereocenters. The first-order valence-electron chi connectivity index (χ1n) is 6.57. The summed E-state index contributed by atoms with van der Waals surface area (Å²) in [6.07, 6.45) is 2.33. The van der Waals surface area contributed by atoms with Crippen LogP contribution in [0.25, 0.3) is 0 Å². The highest BCUT2D eigenvalue weighted by molar-refractivity contribution is 5.95. The topological polar surface area (TPSA) is 64.8 Å².